The zero-order valence-corrected chi connectivity index (χ0v) is 14.3. The highest BCUT2D eigenvalue weighted by Crippen LogP contribution is 2.06. The summed E-state index contributed by atoms with van der Waals surface area (Å²) in [6.07, 6.45) is 17.2. The molecule has 0 aliphatic carbocycles. The number of unbranched alkanes of at least 4 members (excludes halogenated alkanes) is 8. The van der Waals surface area contributed by atoms with Gasteiger partial charge in [0, 0.05) is 6.54 Å². The van der Waals surface area contributed by atoms with Crippen LogP contribution in [-0.2, 0) is 0 Å². The van der Waals surface area contributed by atoms with Crippen molar-refractivity contribution in [1.82, 2.24) is 5.32 Å². The number of aliphatic imine (C=N–C) groups is 1. The quantitative estimate of drug-likeness (QED) is 0.169. The highest BCUT2D eigenvalue weighted by molar-refractivity contribution is 7.80. The molecule has 0 atom stereocenters. The summed E-state index contributed by atoms with van der Waals surface area (Å²) in [5.74, 6) is 0.313. The molecule has 5 heteroatoms. The summed E-state index contributed by atoms with van der Waals surface area (Å²) in [5.41, 5.74) is 10.9. The molecule has 21 heavy (non-hydrogen) atoms. The maximum atomic E-state index is 5.58. The van der Waals surface area contributed by atoms with Crippen molar-refractivity contribution in [2.45, 2.75) is 71.1 Å². The second-order valence-corrected chi connectivity index (χ2v) is 5.72. The molecule has 0 saturated heterocycles. The smallest absolute Gasteiger partial charge is 0.194 e. The van der Waals surface area contributed by atoms with E-state index in [0.717, 1.165) is 13.0 Å². The summed E-state index contributed by atoms with van der Waals surface area (Å²) in [7, 11) is 0. The fraction of sp³-hybridized carbons (Fsp3) is 0.750. The van der Waals surface area contributed by atoms with Gasteiger partial charge in [0.15, 0.2) is 11.1 Å². The van der Waals surface area contributed by atoms with Gasteiger partial charge in [-0.05, 0) is 44.3 Å². The third-order valence-corrected chi connectivity index (χ3v) is 3.31. The van der Waals surface area contributed by atoms with E-state index in [2.05, 4.69) is 41.6 Å². The van der Waals surface area contributed by atoms with Crippen molar-refractivity contribution in [3.05, 3.63) is 12.2 Å². The Morgan fingerprint density at radius 1 is 0.952 bits per heavy atom. The van der Waals surface area contributed by atoms with Crippen LogP contribution in [0.2, 0.25) is 0 Å². The maximum absolute atomic E-state index is 5.58. The van der Waals surface area contributed by atoms with Crippen molar-refractivity contribution < 1.29 is 0 Å². The molecule has 122 valence electrons. The van der Waals surface area contributed by atoms with Gasteiger partial charge in [-0.25, -0.2) is 0 Å². The fourth-order valence-electron chi connectivity index (χ4n) is 2.02. The van der Waals surface area contributed by atoms with Gasteiger partial charge in [0.25, 0.3) is 0 Å². The van der Waals surface area contributed by atoms with Crippen LogP contribution in [0.15, 0.2) is 17.1 Å². The van der Waals surface area contributed by atoms with E-state index < -0.39 is 0 Å². The fourth-order valence-corrected chi connectivity index (χ4v) is 2.12. The Bertz CT molecular complexity index is 313. The lowest BCUT2D eigenvalue weighted by atomic mass is 10.1. The van der Waals surface area contributed by atoms with Gasteiger partial charge < -0.3 is 16.8 Å². The Kier molecular flexibility index (Phi) is 14.5. The van der Waals surface area contributed by atoms with E-state index in [1.54, 1.807) is 0 Å². The standard InChI is InChI=1S/C16H32N4S/c1-2-3-4-5-6-7-8-9-10-11-12-13-14-19-15(17)20-16(18)21/h7-8H,2-6,9-14H2,1H3,(H5,17,18,19,20,21). The summed E-state index contributed by atoms with van der Waals surface area (Å²) >= 11 is 4.67. The van der Waals surface area contributed by atoms with Crippen LogP contribution in [0.1, 0.15) is 71.1 Å². The van der Waals surface area contributed by atoms with E-state index in [4.69, 9.17) is 11.5 Å². The zero-order chi connectivity index (χ0) is 15.8. The number of allylic oxidation sites excluding steroid dienone is 2. The molecule has 0 bridgehead atoms. The molecule has 0 spiro atoms. The van der Waals surface area contributed by atoms with Gasteiger partial charge in [0.2, 0.25) is 0 Å². The normalized spacial score (nSPS) is 12.0. The molecule has 0 rings (SSSR count). The van der Waals surface area contributed by atoms with Gasteiger partial charge >= 0.3 is 0 Å². The van der Waals surface area contributed by atoms with Crippen molar-refractivity contribution in [1.29, 1.82) is 0 Å². The van der Waals surface area contributed by atoms with Crippen LogP contribution in [0.25, 0.3) is 0 Å². The zero-order valence-electron chi connectivity index (χ0n) is 13.4. The van der Waals surface area contributed by atoms with E-state index in [-0.39, 0.29) is 5.11 Å². The highest BCUT2D eigenvalue weighted by atomic mass is 32.1. The van der Waals surface area contributed by atoms with Gasteiger partial charge in [-0.1, -0.05) is 51.2 Å². The summed E-state index contributed by atoms with van der Waals surface area (Å²) in [4.78, 5) is 4.15. The van der Waals surface area contributed by atoms with Crippen LogP contribution >= 0.6 is 12.2 Å². The first-order chi connectivity index (χ1) is 10.2. The van der Waals surface area contributed by atoms with E-state index in [1.165, 1.54) is 57.8 Å². The first-order valence-electron chi connectivity index (χ1n) is 8.18. The molecule has 5 N–H and O–H groups in total. The number of nitrogens with two attached hydrogens (primary N) is 2. The Labute approximate surface area is 135 Å². The van der Waals surface area contributed by atoms with Crippen LogP contribution in [0.5, 0.6) is 0 Å². The Balaban J connectivity index is 3.29. The predicted molar refractivity (Wildman–Crippen MR) is 97.4 cm³/mol. The second-order valence-electron chi connectivity index (χ2n) is 5.28. The molecule has 0 aromatic heterocycles. The molecular weight excluding hydrogens is 280 g/mol. The van der Waals surface area contributed by atoms with Crippen LogP contribution in [0.3, 0.4) is 0 Å². The Morgan fingerprint density at radius 2 is 1.52 bits per heavy atom. The summed E-state index contributed by atoms with van der Waals surface area (Å²) in [6, 6.07) is 0. The summed E-state index contributed by atoms with van der Waals surface area (Å²) in [5, 5.41) is 2.78. The molecule has 0 aromatic carbocycles. The first-order valence-corrected chi connectivity index (χ1v) is 8.59. The largest absolute Gasteiger partial charge is 0.376 e. The van der Waals surface area contributed by atoms with Gasteiger partial charge in [0.05, 0.1) is 0 Å². The van der Waals surface area contributed by atoms with E-state index in [0.29, 0.717) is 5.96 Å². The van der Waals surface area contributed by atoms with Gasteiger partial charge in [-0.2, -0.15) is 0 Å². The van der Waals surface area contributed by atoms with E-state index in [9.17, 15) is 0 Å². The lowest BCUT2D eigenvalue weighted by Gasteiger charge is -2.02. The first kappa shape index (κ1) is 19.9. The molecule has 0 aromatic rings. The van der Waals surface area contributed by atoms with Crippen molar-refractivity contribution in [2.75, 3.05) is 6.54 Å². The predicted octanol–water partition coefficient (Wildman–Crippen LogP) is 3.61. The molecule has 0 fully saturated rings. The highest BCUT2D eigenvalue weighted by Gasteiger charge is 1.92. The SMILES string of the molecule is CCCCCCC=CCCCCCCN=C(N)NC(N)=S. The molecule has 0 amide bonds. The van der Waals surface area contributed by atoms with E-state index >= 15 is 0 Å². The number of rotatable bonds is 12. The van der Waals surface area contributed by atoms with Crippen LogP contribution in [0, 0.1) is 0 Å². The minimum atomic E-state index is 0.165. The Morgan fingerprint density at radius 3 is 2.10 bits per heavy atom. The summed E-state index contributed by atoms with van der Waals surface area (Å²) < 4.78 is 0. The van der Waals surface area contributed by atoms with Gasteiger partial charge in [-0.3, -0.25) is 4.99 Å². The van der Waals surface area contributed by atoms with Crippen LogP contribution < -0.4 is 16.8 Å². The minimum absolute atomic E-state index is 0.165. The molecule has 0 radical (unpaired) electrons. The number of guanidine groups is 1. The second kappa shape index (κ2) is 15.3. The lowest BCUT2D eigenvalue weighted by Crippen LogP contribution is -2.40. The molecule has 0 aliphatic heterocycles. The molecule has 0 heterocycles. The van der Waals surface area contributed by atoms with Crippen LogP contribution in [-0.4, -0.2) is 17.6 Å². The van der Waals surface area contributed by atoms with Crippen LogP contribution in [0.4, 0.5) is 0 Å². The summed E-state index contributed by atoms with van der Waals surface area (Å²) in [6.45, 7) is 2.98. The molecule has 0 aliphatic rings. The molecule has 0 saturated carbocycles. The average Bonchev–Trinajstić information content (AvgIpc) is 2.43. The van der Waals surface area contributed by atoms with Gasteiger partial charge in [0.1, 0.15) is 0 Å². The van der Waals surface area contributed by atoms with Crippen molar-refractivity contribution in [2.24, 2.45) is 16.5 Å². The Hall–Kier alpha value is -1.10. The number of hydrogen-bond donors (Lipinski definition) is 3. The van der Waals surface area contributed by atoms with Crippen molar-refractivity contribution in [3.63, 3.8) is 0 Å². The van der Waals surface area contributed by atoms with E-state index in [1.807, 2.05) is 0 Å². The third-order valence-electron chi connectivity index (χ3n) is 3.20. The topological polar surface area (TPSA) is 76.4 Å². The van der Waals surface area contributed by atoms with Crippen molar-refractivity contribution >= 4 is 23.3 Å². The molecule has 0 unspecified atom stereocenters. The number of nitrogens with one attached hydrogen (secondary N) is 1. The maximum Gasteiger partial charge on any atom is 0.194 e. The van der Waals surface area contributed by atoms with Crippen molar-refractivity contribution in [3.8, 4) is 0 Å². The minimum Gasteiger partial charge on any atom is -0.376 e. The molecule has 4 nitrogen and oxygen atoms in total. The monoisotopic (exact) mass is 312 g/mol. The number of nitrogens with zero attached hydrogens (tertiary/aromatic N) is 1. The third kappa shape index (κ3) is 16.8. The molecular formula is C16H32N4S. The number of thiocarbonyl (C=S) groups is 1. The number of hydrogen-bond acceptors (Lipinski definition) is 2. The van der Waals surface area contributed by atoms with Gasteiger partial charge in [-0.15, -0.1) is 0 Å². The lowest BCUT2D eigenvalue weighted by molar-refractivity contribution is 0.650. The average molecular weight is 313 g/mol.